The number of hydrogen-bond acceptors (Lipinski definition) is 7. The Kier molecular flexibility index (Phi) is 13.8. The van der Waals surface area contributed by atoms with Crippen LogP contribution in [0.3, 0.4) is 0 Å². The van der Waals surface area contributed by atoms with Gasteiger partial charge in [0, 0.05) is 12.1 Å². The number of guanidine groups is 1. The van der Waals surface area contributed by atoms with E-state index in [-0.39, 0.29) is 29.7 Å². The van der Waals surface area contributed by atoms with Crippen molar-refractivity contribution in [2.75, 3.05) is 20.3 Å². The fraction of sp³-hybridized carbons (Fsp3) is 0.459. The van der Waals surface area contributed by atoms with Crippen LogP contribution in [0.1, 0.15) is 83.6 Å². The number of benzene rings is 2. The van der Waals surface area contributed by atoms with E-state index >= 15 is 0 Å². The van der Waals surface area contributed by atoms with E-state index in [4.69, 9.17) is 18.9 Å². The van der Waals surface area contributed by atoms with Gasteiger partial charge < -0.3 is 23.8 Å². The summed E-state index contributed by atoms with van der Waals surface area (Å²) in [5.41, 5.74) is -3.04. The van der Waals surface area contributed by atoms with Crippen LogP contribution in [0.15, 0.2) is 64.6 Å². The molecule has 2 aromatic rings. The van der Waals surface area contributed by atoms with Crippen molar-refractivity contribution in [3.05, 3.63) is 76.9 Å². The molecule has 0 saturated carbocycles. The van der Waals surface area contributed by atoms with Gasteiger partial charge in [0.25, 0.3) is 0 Å². The van der Waals surface area contributed by atoms with Crippen LogP contribution in [0.25, 0.3) is 11.8 Å². The largest absolute Gasteiger partial charge is 0.489 e. The summed E-state index contributed by atoms with van der Waals surface area (Å²) in [7, 11) is 1.34. The van der Waals surface area contributed by atoms with Crippen LogP contribution in [-0.2, 0) is 26.6 Å². The first kappa shape index (κ1) is 42.4. The van der Waals surface area contributed by atoms with E-state index in [1.807, 2.05) is 0 Å². The third kappa shape index (κ3) is 13.2. The minimum atomic E-state index is -4.82. The predicted octanol–water partition coefficient (Wildman–Crippen LogP) is 9.50. The summed E-state index contributed by atoms with van der Waals surface area (Å²) in [4.78, 5) is 35.7. The summed E-state index contributed by atoms with van der Waals surface area (Å²) in [6.45, 7) is 11.5. The summed E-state index contributed by atoms with van der Waals surface area (Å²) in [5.74, 6) is -0.584. The Hall–Kier alpha value is -5.02. The van der Waals surface area contributed by atoms with Crippen LogP contribution in [0, 0.1) is 0 Å². The maximum absolute atomic E-state index is 14.3. The summed E-state index contributed by atoms with van der Waals surface area (Å²) in [5, 5.41) is 2.51. The molecule has 53 heavy (non-hydrogen) atoms. The van der Waals surface area contributed by atoms with Gasteiger partial charge >= 0.3 is 24.5 Å². The lowest BCUT2D eigenvalue weighted by Gasteiger charge is -2.29. The van der Waals surface area contributed by atoms with E-state index in [0.29, 0.717) is 24.9 Å². The van der Waals surface area contributed by atoms with E-state index in [0.717, 1.165) is 24.3 Å². The molecule has 3 rings (SSSR count). The van der Waals surface area contributed by atoms with E-state index in [9.17, 15) is 35.9 Å². The molecule has 0 aromatic heterocycles. The number of alkyl halides is 6. The Morgan fingerprint density at radius 2 is 1.55 bits per heavy atom. The van der Waals surface area contributed by atoms with E-state index < -0.39 is 58.7 Å². The van der Waals surface area contributed by atoms with Crippen molar-refractivity contribution in [2.45, 2.75) is 90.9 Å². The second kappa shape index (κ2) is 17.2. The number of halogens is 6. The number of aliphatic imine (C=N–C) groups is 2. The standard InChI is InChI=1S/C37H44F6N4O6/c1-9-27(24-16-19-29(26(22-24)37(41,42)43)51-21-11-12-23-14-17-25(18-15-23)36(38,39)40)44-30(50-8)28-13-10-20-47(28)31(45-32(48)52-34(2,3)4)46-33(49)53-35(5,6)7/h9,11-12,14-19,22,28H,10,13,20-21H2,1-8H3,(H,45,46,48,49)/b12-11-,27-9-,44-30?. The lowest BCUT2D eigenvalue weighted by atomic mass is 10.1. The molecule has 290 valence electrons. The van der Waals surface area contributed by atoms with E-state index in [1.54, 1.807) is 53.4 Å². The van der Waals surface area contributed by atoms with Crippen LogP contribution in [0.2, 0.25) is 0 Å². The lowest BCUT2D eigenvalue weighted by Crippen LogP contribution is -2.50. The molecule has 2 aromatic carbocycles. The van der Waals surface area contributed by atoms with Crippen molar-refractivity contribution in [3.8, 4) is 5.75 Å². The number of nitrogens with zero attached hydrogens (tertiary/aromatic N) is 3. The SMILES string of the molecule is C/C=C(\N=C(OC)C1CCCN1C(=NC(=O)OC(C)(C)C)NC(=O)OC(C)(C)C)c1ccc(OC/C=C\c2ccc(C(F)(F)F)cc2)c(C(F)(F)F)c1. The molecule has 0 spiro atoms. The minimum Gasteiger partial charge on any atom is -0.489 e. The van der Waals surface area contributed by atoms with Gasteiger partial charge in [-0.05, 0) is 103 Å². The van der Waals surface area contributed by atoms with Crippen LogP contribution >= 0.6 is 0 Å². The first-order valence-corrected chi connectivity index (χ1v) is 16.6. The number of carbonyl (C=O) groups excluding carboxylic acids is 2. The zero-order chi connectivity index (χ0) is 39.8. The third-order valence-electron chi connectivity index (χ3n) is 7.19. The Morgan fingerprint density at radius 1 is 0.906 bits per heavy atom. The van der Waals surface area contributed by atoms with Crippen molar-refractivity contribution in [3.63, 3.8) is 0 Å². The highest BCUT2D eigenvalue weighted by molar-refractivity contribution is 6.01. The van der Waals surface area contributed by atoms with Crippen LogP contribution in [-0.4, -0.2) is 66.4 Å². The average Bonchev–Trinajstić information content (AvgIpc) is 3.51. The number of carbonyl (C=O) groups is 2. The molecular weight excluding hydrogens is 710 g/mol. The number of ether oxygens (including phenoxy) is 4. The van der Waals surface area contributed by atoms with E-state index in [2.05, 4.69) is 15.3 Å². The highest BCUT2D eigenvalue weighted by atomic mass is 19.4. The normalized spacial score (nSPS) is 16.5. The molecule has 1 atom stereocenters. The molecule has 1 saturated heterocycles. The Morgan fingerprint density at radius 3 is 2.09 bits per heavy atom. The summed E-state index contributed by atoms with van der Waals surface area (Å²) in [6.07, 6.45) is -5.88. The molecule has 16 heteroatoms. The summed E-state index contributed by atoms with van der Waals surface area (Å²) >= 11 is 0. The van der Waals surface area contributed by atoms with Gasteiger partial charge in [-0.2, -0.15) is 26.3 Å². The van der Waals surface area contributed by atoms with Gasteiger partial charge in [0.05, 0.1) is 23.9 Å². The number of allylic oxidation sites excluding steroid dienone is 1. The van der Waals surface area contributed by atoms with Crippen LogP contribution in [0.5, 0.6) is 5.75 Å². The highest BCUT2D eigenvalue weighted by Gasteiger charge is 2.37. The van der Waals surface area contributed by atoms with Crippen LogP contribution in [0.4, 0.5) is 35.9 Å². The Bertz CT molecular complexity index is 1720. The molecule has 1 unspecified atom stereocenters. The van der Waals surface area contributed by atoms with Crippen LogP contribution < -0.4 is 10.1 Å². The highest BCUT2D eigenvalue weighted by Crippen LogP contribution is 2.38. The molecule has 1 aliphatic heterocycles. The zero-order valence-electron chi connectivity index (χ0n) is 30.7. The van der Waals surface area contributed by atoms with Gasteiger partial charge in [0.15, 0.2) is 0 Å². The first-order chi connectivity index (χ1) is 24.5. The monoisotopic (exact) mass is 754 g/mol. The Balaban J connectivity index is 1.90. The lowest BCUT2D eigenvalue weighted by molar-refractivity contribution is -0.139. The van der Waals surface area contributed by atoms with Gasteiger partial charge in [0.1, 0.15) is 29.6 Å². The maximum Gasteiger partial charge on any atom is 0.437 e. The Labute approximate surface area is 304 Å². The predicted molar refractivity (Wildman–Crippen MR) is 188 cm³/mol. The summed E-state index contributed by atoms with van der Waals surface area (Å²) in [6, 6.07) is 6.99. The number of amides is 2. The third-order valence-corrected chi connectivity index (χ3v) is 7.19. The van der Waals surface area contributed by atoms with Gasteiger partial charge in [-0.15, -0.1) is 4.99 Å². The van der Waals surface area contributed by atoms with Crippen molar-refractivity contribution in [1.29, 1.82) is 0 Å². The molecule has 0 radical (unpaired) electrons. The van der Waals surface area contributed by atoms with Crippen molar-refractivity contribution < 1.29 is 54.9 Å². The molecule has 1 N–H and O–H groups in total. The van der Waals surface area contributed by atoms with E-state index in [1.165, 1.54) is 43.5 Å². The fourth-order valence-electron chi connectivity index (χ4n) is 5.02. The number of nitrogens with one attached hydrogen (secondary N) is 1. The molecule has 0 aliphatic carbocycles. The molecule has 2 amide bonds. The van der Waals surface area contributed by atoms with Gasteiger partial charge in [-0.25, -0.2) is 14.6 Å². The quantitative estimate of drug-likeness (QED) is 0.170. The van der Waals surface area contributed by atoms with Crippen molar-refractivity contribution >= 4 is 35.8 Å². The minimum absolute atomic E-state index is 0.0702. The molecule has 1 heterocycles. The second-order valence-electron chi connectivity index (χ2n) is 13.8. The number of rotatable bonds is 7. The summed E-state index contributed by atoms with van der Waals surface area (Å²) < 4.78 is 103. The van der Waals surface area contributed by atoms with Gasteiger partial charge in [-0.1, -0.05) is 24.3 Å². The number of likely N-dealkylation sites (tertiary alicyclic amines) is 1. The maximum atomic E-state index is 14.3. The smallest absolute Gasteiger partial charge is 0.437 e. The van der Waals surface area contributed by atoms with Gasteiger partial charge in [-0.3, -0.25) is 5.32 Å². The first-order valence-electron chi connectivity index (χ1n) is 16.6. The topological polar surface area (TPSA) is 111 Å². The van der Waals surface area contributed by atoms with Crippen molar-refractivity contribution in [1.82, 2.24) is 10.2 Å². The number of hydrogen-bond donors (Lipinski definition) is 1. The van der Waals surface area contributed by atoms with Crippen molar-refractivity contribution in [2.24, 2.45) is 9.98 Å². The molecular formula is C37H44F6N4O6. The number of alkyl carbamates (subject to hydrolysis) is 1. The van der Waals surface area contributed by atoms with Gasteiger partial charge in [0.2, 0.25) is 11.9 Å². The average molecular weight is 755 g/mol. The fourth-order valence-corrected chi connectivity index (χ4v) is 5.02. The molecule has 1 aliphatic rings. The molecule has 10 nitrogen and oxygen atoms in total. The second-order valence-corrected chi connectivity index (χ2v) is 13.8. The molecule has 0 bridgehead atoms. The molecule has 1 fully saturated rings. The number of methoxy groups -OCH3 is 1. The zero-order valence-corrected chi connectivity index (χ0v) is 30.7.